The Labute approximate surface area is 134 Å². The minimum absolute atomic E-state index is 0.0721. The zero-order valence-corrected chi connectivity index (χ0v) is 13.5. The van der Waals surface area contributed by atoms with Gasteiger partial charge in [0.15, 0.2) is 11.9 Å². The quantitative estimate of drug-likeness (QED) is 0.607. The molecular formula is C16H20N2O5. The normalized spacial score (nSPS) is 12.7. The molecular weight excluding hydrogens is 300 g/mol. The lowest BCUT2D eigenvalue weighted by atomic mass is 10.1. The van der Waals surface area contributed by atoms with Gasteiger partial charge in [-0.15, -0.1) is 0 Å². The fourth-order valence-corrected chi connectivity index (χ4v) is 1.73. The molecule has 0 radical (unpaired) electrons. The first kappa shape index (κ1) is 18.3. The van der Waals surface area contributed by atoms with E-state index in [0.29, 0.717) is 11.3 Å². The highest BCUT2D eigenvalue weighted by molar-refractivity contribution is 5.97. The second kappa shape index (κ2) is 8.07. The molecule has 0 saturated heterocycles. The average molecular weight is 320 g/mol. The Morgan fingerprint density at radius 1 is 1.00 bits per heavy atom. The molecule has 2 N–H and O–H groups in total. The number of ether oxygens (including phenoxy) is 1. The Balaban J connectivity index is 2.58. The van der Waals surface area contributed by atoms with Crippen LogP contribution in [0.3, 0.4) is 0 Å². The molecule has 2 amide bonds. The van der Waals surface area contributed by atoms with Crippen molar-refractivity contribution in [2.75, 3.05) is 5.32 Å². The highest BCUT2D eigenvalue weighted by atomic mass is 16.5. The number of nitrogens with one attached hydrogen (secondary N) is 2. The van der Waals surface area contributed by atoms with Crippen LogP contribution in [-0.4, -0.2) is 35.7 Å². The monoisotopic (exact) mass is 320 g/mol. The van der Waals surface area contributed by atoms with Crippen molar-refractivity contribution < 1.29 is 23.9 Å². The smallest absolute Gasteiger partial charge is 0.329 e. The van der Waals surface area contributed by atoms with Gasteiger partial charge in [-0.25, -0.2) is 4.79 Å². The van der Waals surface area contributed by atoms with Crippen LogP contribution < -0.4 is 10.6 Å². The minimum atomic E-state index is -1.02. The fraction of sp³-hybridized carbons (Fsp3) is 0.375. The molecule has 2 atom stereocenters. The number of rotatable bonds is 6. The van der Waals surface area contributed by atoms with E-state index in [1.54, 1.807) is 24.3 Å². The first-order valence-electron chi connectivity index (χ1n) is 7.10. The third-order valence-electron chi connectivity index (χ3n) is 2.99. The molecule has 0 unspecified atom stereocenters. The summed E-state index contributed by atoms with van der Waals surface area (Å²) in [6, 6.07) is 5.52. The van der Waals surface area contributed by atoms with Crippen LogP contribution in [0, 0.1) is 0 Å². The molecule has 0 aliphatic carbocycles. The summed E-state index contributed by atoms with van der Waals surface area (Å²) in [5.74, 6) is -1.65. The van der Waals surface area contributed by atoms with Gasteiger partial charge in [-0.1, -0.05) is 0 Å². The highest BCUT2D eigenvalue weighted by Gasteiger charge is 2.22. The predicted octanol–water partition coefficient (Wildman–Crippen LogP) is 1.28. The van der Waals surface area contributed by atoms with Gasteiger partial charge in [0, 0.05) is 18.2 Å². The van der Waals surface area contributed by atoms with E-state index < -0.39 is 24.0 Å². The Morgan fingerprint density at radius 2 is 1.57 bits per heavy atom. The number of esters is 1. The molecule has 0 fully saturated rings. The summed E-state index contributed by atoms with van der Waals surface area (Å²) in [7, 11) is 0. The number of Topliss-reactive ketones (excluding diaryl/α,β-unsaturated/α-hetero) is 1. The van der Waals surface area contributed by atoms with E-state index >= 15 is 0 Å². The molecule has 1 rings (SSSR count). The van der Waals surface area contributed by atoms with Crippen molar-refractivity contribution in [3.8, 4) is 0 Å². The predicted molar refractivity (Wildman–Crippen MR) is 83.9 cm³/mol. The minimum Gasteiger partial charge on any atom is -0.451 e. The summed E-state index contributed by atoms with van der Waals surface area (Å²) >= 11 is 0. The number of ketones is 1. The van der Waals surface area contributed by atoms with Crippen LogP contribution in [0.25, 0.3) is 0 Å². The van der Waals surface area contributed by atoms with E-state index in [1.807, 2.05) is 0 Å². The van der Waals surface area contributed by atoms with Crippen molar-refractivity contribution in [1.29, 1.82) is 0 Å². The summed E-state index contributed by atoms with van der Waals surface area (Å²) < 4.78 is 4.99. The van der Waals surface area contributed by atoms with Crippen LogP contribution in [0.2, 0.25) is 0 Å². The maximum atomic E-state index is 12.0. The summed E-state index contributed by atoms with van der Waals surface area (Å²) in [5, 5.41) is 4.95. The zero-order chi connectivity index (χ0) is 17.6. The molecule has 0 aliphatic rings. The van der Waals surface area contributed by atoms with Crippen molar-refractivity contribution in [3.63, 3.8) is 0 Å². The fourth-order valence-electron chi connectivity index (χ4n) is 1.73. The number of anilines is 1. The van der Waals surface area contributed by atoms with Crippen LogP contribution in [-0.2, 0) is 19.1 Å². The average Bonchev–Trinajstić information content (AvgIpc) is 2.46. The van der Waals surface area contributed by atoms with Gasteiger partial charge >= 0.3 is 5.97 Å². The van der Waals surface area contributed by atoms with E-state index in [1.165, 1.54) is 27.7 Å². The highest BCUT2D eigenvalue weighted by Crippen LogP contribution is 2.11. The van der Waals surface area contributed by atoms with Gasteiger partial charge in [-0.3, -0.25) is 14.4 Å². The van der Waals surface area contributed by atoms with Crippen LogP contribution in [0.5, 0.6) is 0 Å². The molecule has 1 aromatic rings. The molecule has 1 aromatic carbocycles. The van der Waals surface area contributed by atoms with Gasteiger partial charge in [0.1, 0.15) is 6.04 Å². The Morgan fingerprint density at radius 3 is 2.04 bits per heavy atom. The summed E-state index contributed by atoms with van der Waals surface area (Å²) in [4.78, 5) is 45.7. The molecule has 7 heteroatoms. The topological polar surface area (TPSA) is 102 Å². The van der Waals surface area contributed by atoms with Crippen LogP contribution >= 0.6 is 0 Å². The van der Waals surface area contributed by atoms with Crippen molar-refractivity contribution in [1.82, 2.24) is 5.32 Å². The van der Waals surface area contributed by atoms with Crippen molar-refractivity contribution in [2.24, 2.45) is 0 Å². The van der Waals surface area contributed by atoms with Crippen molar-refractivity contribution in [3.05, 3.63) is 29.8 Å². The lowest BCUT2D eigenvalue weighted by molar-refractivity contribution is -0.155. The Kier molecular flexibility index (Phi) is 6.44. The molecule has 0 saturated carbocycles. The van der Waals surface area contributed by atoms with Crippen LogP contribution in [0.4, 0.5) is 5.69 Å². The summed E-state index contributed by atoms with van der Waals surface area (Å²) in [5.41, 5.74) is 1.02. The van der Waals surface area contributed by atoms with Gasteiger partial charge in [0.2, 0.25) is 5.91 Å². The number of amides is 2. The third-order valence-corrected chi connectivity index (χ3v) is 2.99. The number of benzene rings is 1. The summed E-state index contributed by atoms with van der Waals surface area (Å²) in [6.07, 6.45) is -1.02. The zero-order valence-electron chi connectivity index (χ0n) is 13.5. The summed E-state index contributed by atoms with van der Waals surface area (Å²) in [6.45, 7) is 5.63. The Bertz CT molecular complexity index is 609. The first-order valence-corrected chi connectivity index (χ1v) is 7.10. The van der Waals surface area contributed by atoms with Crippen LogP contribution in [0.15, 0.2) is 24.3 Å². The van der Waals surface area contributed by atoms with Gasteiger partial charge < -0.3 is 15.4 Å². The lowest BCUT2D eigenvalue weighted by Gasteiger charge is -2.17. The number of carbonyl (C=O) groups is 4. The van der Waals surface area contributed by atoms with Crippen molar-refractivity contribution in [2.45, 2.75) is 39.8 Å². The second-order valence-corrected chi connectivity index (χ2v) is 5.12. The molecule has 23 heavy (non-hydrogen) atoms. The Hall–Kier alpha value is -2.70. The molecule has 124 valence electrons. The van der Waals surface area contributed by atoms with Gasteiger partial charge in [0.25, 0.3) is 5.91 Å². The first-order chi connectivity index (χ1) is 10.7. The van der Waals surface area contributed by atoms with Gasteiger partial charge in [-0.2, -0.15) is 0 Å². The largest absolute Gasteiger partial charge is 0.451 e. The second-order valence-electron chi connectivity index (χ2n) is 5.12. The van der Waals surface area contributed by atoms with E-state index in [-0.39, 0.29) is 11.7 Å². The van der Waals surface area contributed by atoms with Gasteiger partial charge in [-0.05, 0) is 45.0 Å². The molecule has 0 aromatic heterocycles. The van der Waals surface area contributed by atoms with E-state index in [4.69, 9.17) is 4.74 Å². The molecule has 0 spiro atoms. The third kappa shape index (κ3) is 5.90. The maximum absolute atomic E-state index is 12.0. The van der Waals surface area contributed by atoms with Crippen LogP contribution in [0.1, 0.15) is 38.1 Å². The SMILES string of the molecule is CC(=O)N[C@@H](C)C(=O)O[C@@H](C)C(=O)Nc1ccc(C(C)=O)cc1. The maximum Gasteiger partial charge on any atom is 0.329 e. The van der Waals surface area contributed by atoms with Crippen molar-refractivity contribution >= 4 is 29.3 Å². The standard InChI is InChI=1S/C16H20N2O5/c1-9(17-12(4)20)16(22)23-11(3)15(21)18-14-7-5-13(6-8-14)10(2)19/h5-9,11H,1-4H3,(H,17,20)(H,18,21)/t9-,11-/m0/s1. The van der Waals surface area contributed by atoms with Gasteiger partial charge in [0.05, 0.1) is 0 Å². The molecule has 0 heterocycles. The molecule has 7 nitrogen and oxygen atoms in total. The number of hydrogen-bond donors (Lipinski definition) is 2. The molecule has 0 bridgehead atoms. The number of carbonyl (C=O) groups excluding carboxylic acids is 4. The van der Waals surface area contributed by atoms with E-state index in [2.05, 4.69) is 10.6 Å². The lowest BCUT2D eigenvalue weighted by Crippen LogP contribution is -2.41. The van der Waals surface area contributed by atoms with E-state index in [0.717, 1.165) is 0 Å². The van der Waals surface area contributed by atoms with E-state index in [9.17, 15) is 19.2 Å². The molecule has 0 aliphatic heterocycles. The number of hydrogen-bond acceptors (Lipinski definition) is 5.